The van der Waals surface area contributed by atoms with Gasteiger partial charge in [-0.15, -0.1) is 0 Å². The van der Waals surface area contributed by atoms with Crippen molar-refractivity contribution in [1.29, 1.82) is 0 Å². The standard InChI is InChI=1S/C43H33N5/c1-3-10-30(4-2)41-46-42(35-11-6-5-7-12-35)48-43(47-41)38-14-8-13-36(27-38)31-20-22-34(23-21-31)40-28-37(24-26-45-40)32-16-18-33(19-17-32)39-15-9-25-44-29-39/h3-29H,1-2H3/b10-3-,30-4+. The summed E-state index contributed by atoms with van der Waals surface area (Å²) in [6.45, 7) is 3.99. The zero-order chi connectivity index (χ0) is 32.7. The van der Waals surface area contributed by atoms with Crippen molar-refractivity contribution >= 4 is 5.57 Å². The van der Waals surface area contributed by atoms with E-state index in [1.165, 1.54) is 0 Å². The van der Waals surface area contributed by atoms with Gasteiger partial charge in [-0.2, -0.15) is 0 Å². The average Bonchev–Trinajstić information content (AvgIpc) is 3.17. The van der Waals surface area contributed by atoms with E-state index in [0.717, 1.165) is 61.3 Å². The Bertz CT molecular complexity index is 2220. The van der Waals surface area contributed by atoms with Gasteiger partial charge in [0.05, 0.1) is 5.69 Å². The summed E-state index contributed by atoms with van der Waals surface area (Å²) >= 11 is 0. The van der Waals surface area contributed by atoms with Gasteiger partial charge in [-0.3, -0.25) is 9.97 Å². The Kier molecular flexibility index (Phi) is 8.83. The van der Waals surface area contributed by atoms with E-state index in [1.54, 1.807) is 6.20 Å². The van der Waals surface area contributed by atoms with Gasteiger partial charge in [-0.1, -0.05) is 121 Å². The van der Waals surface area contributed by atoms with Crippen LogP contribution in [0.15, 0.2) is 164 Å². The molecule has 230 valence electrons. The van der Waals surface area contributed by atoms with Crippen molar-refractivity contribution in [2.75, 3.05) is 0 Å². The number of rotatable bonds is 8. The summed E-state index contributed by atoms with van der Waals surface area (Å²) in [5.74, 6) is 1.93. The largest absolute Gasteiger partial charge is 0.264 e. The van der Waals surface area contributed by atoms with Crippen LogP contribution >= 0.6 is 0 Å². The molecule has 0 aliphatic carbocycles. The van der Waals surface area contributed by atoms with E-state index in [-0.39, 0.29) is 0 Å². The van der Waals surface area contributed by atoms with E-state index in [2.05, 4.69) is 96.0 Å². The fourth-order valence-electron chi connectivity index (χ4n) is 5.66. The third-order valence-corrected chi connectivity index (χ3v) is 8.19. The Morgan fingerprint density at radius 2 is 1.08 bits per heavy atom. The van der Waals surface area contributed by atoms with Crippen molar-refractivity contribution in [2.45, 2.75) is 13.8 Å². The molecule has 3 heterocycles. The first-order valence-corrected chi connectivity index (χ1v) is 16.0. The molecule has 0 N–H and O–H groups in total. The van der Waals surface area contributed by atoms with E-state index < -0.39 is 0 Å². The molecule has 0 aliphatic rings. The van der Waals surface area contributed by atoms with Crippen LogP contribution in [0, 0.1) is 0 Å². The Balaban J connectivity index is 1.17. The Hall–Kier alpha value is -6.33. The highest BCUT2D eigenvalue weighted by molar-refractivity contribution is 5.77. The van der Waals surface area contributed by atoms with Crippen LogP contribution in [0.2, 0.25) is 0 Å². The van der Waals surface area contributed by atoms with E-state index >= 15 is 0 Å². The molecular weight excluding hydrogens is 587 g/mol. The molecule has 0 aliphatic heterocycles. The SMILES string of the molecule is C/C=C\C(=C/C)c1nc(-c2ccccc2)nc(-c2cccc(-c3ccc(-c4cc(-c5ccc(-c6cccnc6)cc5)ccn4)cc3)c2)n1. The summed E-state index contributed by atoms with van der Waals surface area (Å²) in [7, 11) is 0. The minimum Gasteiger partial charge on any atom is -0.264 e. The summed E-state index contributed by atoms with van der Waals surface area (Å²) in [6.07, 6.45) is 11.6. The monoisotopic (exact) mass is 619 g/mol. The number of hydrogen-bond acceptors (Lipinski definition) is 5. The topological polar surface area (TPSA) is 64.5 Å². The van der Waals surface area contributed by atoms with Crippen molar-refractivity contribution in [3.8, 4) is 67.4 Å². The van der Waals surface area contributed by atoms with Gasteiger partial charge in [0.25, 0.3) is 0 Å². The maximum Gasteiger partial charge on any atom is 0.164 e. The fraction of sp³-hybridized carbons (Fsp3) is 0.0465. The second kappa shape index (κ2) is 14.0. The molecule has 0 atom stereocenters. The molecule has 48 heavy (non-hydrogen) atoms. The van der Waals surface area contributed by atoms with Gasteiger partial charge in [0.1, 0.15) is 0 Å². The summed E-state index contributed by atoms with van der Waals surface area (Å²) in [5.41, 5.74) is 11.5. The first-order valence-electron chi connectivity index (χ1n) is 16.0. The molecule has 0 unspecified atom stereocenters. The number of aromatic nitrogens is 5. The van der Waals surface area contributed by atoms with Crippen LogP contribution in [-0.2, 0) is 0 Å². The lowest BCUT2D eigenvalue weighted by Gasteiger charge is -2.10. The average molecular weight is 620 g/mol. The predicted octanol–water partition coefficient (Wildman–Crippen LogP) is 10.6. The maximum absolute atomic E-state index is 4.91. The van der Waals surface area contributed by atoms with Crippen LogP contribution in [0.1, 0.15) is 19.7 Å². The molecule has 0 saturated heterocycles. The normalized spacial score (nSPS) is 11.6. The van der Waals surface area contributed by atoms with Crippen molar-refractivity contribution in [1.82, 2.24) is 24.9 Å². The number of allylic oxidation sites excluding steroid dienone is 4. The highest BCUT2D eigenvalue weighted by Gasteiger charge is 2.13. The number of pyridine rings is 2. The zero-order valence-electron chi connectivity index (χ0n) is 26.8. The first kappa shape index (κ1) is 30.3. The molecule has 0 saturated carbocycles. The molecule has 5 heteroatoms. The molecular formula is C43H33N5. The van der Waals surface area contributed by atoms with Crippen LogP contribution < -0.4 is 0 Å². The molecule has 7 aromatic rings. The van der Waals surface area contributed by atoms with Crippen LogP contribution in [0.5, 0.6) is 0 Å². The number of benzene rings is 4. The van der Waals surface area contributed by atoms with Crippen LogP contribution in [0.3, 0.4) is 0 Å². The van der Waals surface area contributed by atoms with Gasteiger partial charge in [-0.05, 0) is 71.5 Å². The number of nitrogens with zero attached hydrogens (tertiary/aromatic N) is 5. The van der Waals surface area contributed by atoms with Gasteiger partial charge >= 0.3 is 0 Å². The Labute approximate surface area is 281 Å². The van der Waals surface area contributed by atoms with E-state index in [1.807, 2.05) is 80.9 Å². The quantitative estimate of drug-likeness (QED) is 0.158. The molecule has 4 aromatic carbocycles. The molecule has 3 aromatic heterocycles. The highest BCUT2D eigenvalue weighted by Crippen LogP contribution is 2.31. The third kappa shape index (κ3) is 6.62. The fourth-order valence-corrected chi connectivity index (χ4v) is 5.66. The van der Waals surface area contributed by atoms with Gasteiger partial charge in [-0.25, -0.2) is 15.0 Å². The molecule has 0 bridgehead atoms. The molecule has 5 nitrogen and oxygen atoms in total. The zero-order valence-corrected chi connectivity index (χ0v) is 26.8. The lowest BCUT2D eigenvalue weighted by molar-refractivity contribution is 1.04. The lowest BCUT2D eigenvalue weighted by Crippen LogP contribution is -2.02. The summed E-state index contributed by atoms with van der Waals surface area (Å²) in [4.78, 5) is 23.6. The van der Waals surface area contributed by atoms with Crippen molar-refractivity contribution in [3.63, 3.8) is 0 Å². The highest BCUT2D eigenvalue weighted by atomic mass is 15.0. The minimum atomic E-state index is 0.635. The van der Waals surface area contributed by atoms with E-state index in [0.29, 0.717) is 17.5 Å². The van der Waals surface area contributed by atoms with Gasteiger partial charge in [0.15, 0.2) is 17.5 Å². The van der Waals surface area contributed by atoms with Crippen LogP contribution in [-0.4, -0.2) is 24.9 Å². The van der Waals surface area contributed by atoms with Gasteiger partial charge in [0, 0.05) is 40.9 Å². The summed E-state index contributed by atoms with van der Waals surface area (Å²) in [6, 6.07) is 43.7. The Morgan fingerprint density at radius 3 is 1.75 bits per heavy atom. The molecule has 0 spiro atoms. The van der Waals surface area contributed by atoms with E-state index in [4.69, 9.17) is 19.9 Å². The second-order valence-electron chi connectivity index (χ2n) is 11.3. The second-order valence-corrected chi connectivity index (χ2v) is 11.3. The van der Waals surface area contributed by atoms with E-state index in [9.17, 15) is 0 Å². The molecule has 7 rings (SSSR count). The molecule has 0 fully saturated rings. The van der Waals surface area contributed by atoms with Gasteiger partial charge in [0.2, 0.25) is 0 Å². The lowest BCUT2D eigenvalue weighted by atomic mass is 9.98. The van der Waals surface area contributed by atoms with Crippen LogP contribution in [0.25, 0.3) is 73.0 Å². The maximum atomic E-state index is 4.91. The first-order chi connectivity index (χ1) is 23.7. The minimum absolute atomic E-state index is 0.635. The smallest absolute Gasteiger partial charge is 0.164 e. The van der Waals surface area contributed by atoms with Crippen LogP contribution in [0.4, 0.5) is 0 Å². The van der Waals surface area contributed by atoms with Crippen molar-refractivity contribution < 1.29 is 0 Å². The molecule has 0 amide bonds. The number of hydrogen-bond donors (Lipinski definition) is 0. The molecule has 0 radical (unpaired) electrons. The summed E-state index contributed by atoms with van der Waals surface area (Å²) in [5, 5.41) is 0. The Morgan fingerprint density at radius 1 is 0.479 bits per heavy atom. The third-order valence-electron chi connectivity index (χ3n) is 8.19. The van der Waals surface area contributed by atoms with Crippen molar-refractivity contribution in [2.24, 2.45) is 0 Å². The summed E-state index contributed by atoms with van der Waals surface area (Å²) < 4.78 is 0. The predicted molar refractivity (Wildman–Crippen MR) is 196 cm³/mol. The van der Waals surface area contributed by atoms with Gasteiger partial charge < -0.3 is 0 Å². The van der Waals surface area contributed by atoms with Crippen molar-refractivity contribution in [3.05, 3.63) is 170 Å².